The lowest BCUT2D eigenvalue weighted by Gasteiger charge is -2.21. The molecule has 540 valence electrons. The van der Waals surface area contributed by atoms with Gasteiger partial charge in [0.1, 0.15) is 19.3 Å². The van der Waals surface area contributed by atoms with Crippen LogP contribution < -0.4 is 0 Å². The largest absolute Gasteiger partial charge is 0.472 e. The number of carbonyl (C=O) groups excluding carboxylic acids is 4. The van der Waals surface area contributed by atoms with Crippen molar-refractivity contribution in [1.82, 2.24) is 0 Å². The highest BCUT2D eigenvalue weighted by Gasteiger charge is 2.30. The van der Waals surface area contributed by atoms with Crippen LogP contribution in [-0.2, 0) is 65.4 Å². The average molecular weight is 1340 g/mol. The summed E-state index contributed by atoms with van der Waals surface area (Å²) in [6.07, 6.45) is 47.4. The van der Waals surface area contributed by atoms with Gasteiger partial charge in [0.25, 0.3) is 0 Å². The van der Waals surface area contributed by atoms with Gasteiger partial charge in [-0.25, -0.2) is 9.13 Å². The van der Waals surface area contributed by atoms with Crippen molar-refractivity contribution in [1.29, 1.82) is 0 Å². The summed E-state index contributed by atoms with van der Waals surface area (Å²) < 4.78 is 68.2. The van der Waals surface area contributed by atoms with E-state index in [-0.39, 0.29) is 25.7 Å². The van der Waals surface area contributed by atoms with Crippen molar-refractivity contribution in [2.24, 2.45) is 17.8 Å². The maximum absolute atomic E-state index is 13.0. The first kappa shape index (κ1) is 89.1. The van der Waals surface area contributed by atoms with Gasteiger partial charge in [-0.15, -0.1) is 0 Å². The molecule has 0 aromatic heterocycles. The van der Waals surface area contributed by atoms with E-state index >= 15 is 0 Å². The number of aliphatic hydroxyl groups is 1. The zero-order valence-electron chi connectivity index (χ0n) is 59.3. The monoisotopic (exact) mass is 1340 g/mol. The number of aliphatic hydroxyl groups excluding tert-OH is 1. The summed E-state index contributed by atoms with van der Waals surface area (Å²) in [7, 11) is -9.90. The van der Waals surface area contributed by atoms with Crippen molar-refractivity contribution in [2.45, 2.75) is 381 Å². The predicted octanol–water partition coefficient (Wildman–Crippen LogP) is 20.6. The molecule has 0 rings (SSSR count). The fourth-order valence-electron chi connectivity index (χ4n) is 10.8. The predicted molar refractivity (Wildman–Crippen MR) is 368 cm³/mol. The topological polar surface area (TPSA) is 237 Å². The lowest BCUT2D eigenvalue weighted by Crippen LogP contribution is -2.30. The Morgan fingerprint density at radius 3 is 0.780 bits per heavy atom. The second-order valence-corrected chi connectivity index (χ2v) is 29.6. The number of phosphoric acid groups is 2. The third-order valence-corrected chi connectivity index (χ3v) is 19.6. The molecule has 3 N–H and O–H groups in total. The van der Waals surface area contributed by atoms with Gasteiger partial charge < -0.3 is 33.8 Å². The van der Waals surface area contributed by atoms with Gasteiger partial charge >= 0.3 is 39.5 Å². The third-order valence-electron chi connectivity index (χ3n) is 17.7. The van der Waals surface area contributed by atoms with Gasteiger partial charge in [0, 0.05) is 25.7 Å². The minimum atomic E-state index is -4.95. The van der Waals surface area contributed by atoms with Gasteiger partial charge in [0.05, 0.1) is 26.4 Å². The van der Waals surface area contributed by atoms with E-state index in [2.05, 4.69) is 48.5 Å². The number of ether oxygens (including phenoxy) is 4. The van der Waals surface area contributed by atoms with E-state index in [4.69, 9.17) is 37.0 Å². The van der Waals surface area contributed by atoms with E-state index in [1.54, 1.807) is 0 Å². The van der Waals surface area contributed by atoms with Crippen molar-refractivity contribution in [3.05, 3.63) is 0 Å². The summed E-state index contributed by atoms with van der Waals surface area (Å²) >= 11 is 0. The van der Waals surface area contributed by atoms with Crippen LogP contribution in [0.4, 0.5) is 0 Å². The number of hydrogen-bond donors (Lipinski definition) is 3. The Balaban J connectivity index is 5.14. The minimum Gasteiger partial charge on any atom is -0.462 e. The lowest BCUT2D eigenvalue weighted by molar-refractivity contribution is -0.161. The molecular formula is C72H140O17P2. The summed E-state index contributed by atoms with van der Waals surface area (Å²) in [6, 6.07) is 0. The van der Waals surface area contributed by atoms with E-state index in [1.807, 2.05) is 0 Å². The number of esters is 4. The normalized spacial score (nSPS) is 15.1. The molecule has 17 nitrogen and oxygen atoms in total. The minimum absolute atomic E-state index is 0.102. The van der Waals surface area contributed by atoms with Crippen molar-refractivity contribution in [2.75, 3.05) is 39.6 Å². The maximum atomic E-state index is 13.0. The highest BCUT2D eigenvalue weighted by molar-refractivity contribution is 7.47. The Morgan fingerprint density at radius 2 is 0.527 bits per heavy atom. The maximum Gasteiger partial charge on any atom is 0.472 e. The highest BCUT2D eigenvalue weighted by Crippen LogP contribution is 2.45. The third kappa shape index (κ3) is 62.6. The molecule has 0 fully saturated rings. The van der Waals surface area contributed by atoms with Crippen molar-refractivity contribution >= 4 is 39.5 Å². The molecule has 0 aliphatic carbocycles. The Hall–Kier alpha value is -1.94. The van der Waals surface area contributed by atoms with Crippen molar-refractivity contribution < 1.29 is 80.2 Å². The molecule has 0 spiro atoms. The van der Waals surface area contributed by atoms with Crippen LogP contribution in [0.5, 0.6) is 0 Å². The number of carbonyl (C=O) groups is 4. The molecule has 8 atom stereocenters. The second kappa shape index (κ2) is 62.8. The van der Waals surface area contributed by atoms with Gasteiger partial charge in [0.15, 0.2) is 12.2 Å². The smallest absolute Gasteiger partial charge is 0.462 e. The molecule has 0 aliphatic heterocycles. The first-order valence-electron chi connectivity index (χ1n) is 37.5. The first-order chi connectivity index (χ1) is 43.8. The van der Waals surface area contributed by atoms with E-state index in [0.29, 0.717) is 25.7 Å². The molecule has 0 amide bonds. The van der Waals surface area contributed by atoms with E-state index in [1.165, 1.54) is 161 Å². The van der Waals surface area contributed by atoms with Gasteiger partial charge in [-0.3, -0.25) is 37.3 Å². The summed E-state index contributed by atoms with van der Waals surface area (Å²) in [4.78, 5) is 72.4. The van der Waals surface area contributed by atoms with Crippen molar-refractivity contribution in [3.8, 4) is 0 Å². The zero-order valence-corrected chi connectivity index (χ0v) is 61.1. The van der Waals surface area contributed by atoms with Crippen molar-refractivity contribution in [3.63, 3.8) is 0 Å². The number of unbranched alkanes of at least 4 members (excludes halogenated alkanes) is 35. The molecule has 0 aromatic rings. The molecule has 0 saturated carbocycles. The highest BCUT2D eigenvalue weighted by atomic mass is 31.2. The molecule has 0 heterocycles. The molecule has 0 radical (unpaired) electrons. The average Bonchev–Trinajstić information content (AvgIpc) is 3.60. The molecule has 19 heteroatoms. The Labute approximate surface area is 556 Å². The number of phosphoric ester groups is 2. The van der Waals surface area contributed by atoms with Crippen LogP contribution in [-0.4, -0.2) is 96.7 Å². The molecular weight excluding hydrogens is 1200 g/mol. The Kier molecular flexibility index (Phi) is 61.5. The van der Waals surface area contributed by atoms with Crippen LogP contribution in [0.1, 0.15) is 363 Å². The molecule has 91 heavy (non-hydrogen) atoms. The standard InChI is InChI=1S/C72H140O17P2/c1-8-12-13-14-29-39-46-53-69(74)82-59-68(89-72(77)56-49-42-35-34-38-45-52-65(7)11-4)62-87-91(80,81)85-58-66(73)57-84-90(78,79)86-61-67(60-83-70(75)54-47-40-32-28-27-31-37-44-51-64(6)10-3)88-71(76)55-48-41-33-26-24-22-20-18-16-15-17-19-21-23-25-30-36-43-50-63(5)9-2/h63-68,73H,8-62H2,1-7H3,(H,78,79)(H,80,81)/t63?,64?,65?,66-,67-,68-/m1/s1. The van der Waals surface area contributed by atoms with Gasteiger partial charge in [0.2, 0.25) is 0 Å². The van der Waals surface area contributed by atoms with Crippen LogP contribution in [0.25, 0.3) is 0 Å². The van der Waals surface area contributed by atoms with E-state index < -0.39 is 97.5 Å². The van der Waals surface area contributed by atoms with Crippen LogP contribution in [0.3, 0.4) is 0 Å². The summed E-state index contributed by atoms with van der Waals surface area (Å²) in [6.45, 7) is 11.8. The molecule has 5 unspecified atom stereocenters. The van der Waals surface area contributed by atoms with Gasteiger partial charge in [-0.2, -0.15) is 0 Å². The van der Waals surface area contributed by atoms with Crippen LogP contribution in [0.2, 0.25) is 0 Å². The molecule has 0 saturated heterocycles. The second-order valence-electron chi connectivity index (χ2n) is 26.7. The van der Waals surface area contributed by atoms with Gasteiger partial charge in [-0.05, 0) is 43.4 Å². The first-order valence-corrected chi connectivity index (χ1v) is 40.5. The summed E-state index contributed by atoms with van der Waals surface area (Å²) in [5.41, 5.74) is 0. The van der Waals surface area contributed by atoms with E-state index in [0.717, 1.165) is 120 Å². The van der Waals surface area contributed by atoms with Gasteiger partial charge in [-0.1, -0.05) is 312 Å². The van der Waals surface area contributed by atoms with Crippen LogP contribution in [0.15, 0.2) is 0 Å². The zero-order chi connectivity index (χ0) is 67.3. The molecule has 0 aromatic carbocycles. The summed E-state index contributed by atoms with van der Waals surface area (Å²) in [5.74, 6) is 0.236. The quantitative estimate of drug-likeness (QED) is 0.0222. The fraction of sp³-hybridized carbons (Fsp3) is 0.944. The van der Waals surface area contributed by atoms with Crippen LogP contribution >= 0.6 is 15.6 Å². The number of rotatable bonds is 70. The molecule has 0 aliphatic rings. The Bertz CT molecular complexity index is 1790. The molecule has 0 bridgehead atoms. The number of hydrogen-bond acceptors (Lipinski definition) is 15. The Morgan fingerprint density at radius 1 is 0.308 bits per heavy atom. The summed E-state index contributed by atoms with van der Waals surface area (Å²) in [5, 5.41) is 10.6. The van der Waals surface area contributed by atoms with E-state index in [9.17, 15) is 43.2 Å². The lowest BCUT2D eigenvalue weighted by atomic mass is 9.99. The van der Waals surface area contributed by atoms with Crippen LogP contribution in [0, 0.1) is 17.8 Å². The SMILES string of the molecule is CCCCCCCCCC(=O)OC[C@H](COP(=O)(O)OC[C@H](O)COP(=O)(O)OC[C@@H](COC(=O)CCCCCCCCCCC(C)CC)OC(=O)CCCCCCCCCCCCCCCCCCCCC(C)CC)OC(=O)CCCCCCCCC(C)CC. The fourth-order valence-corrected chi connectivity index (χ4v) is 12.4.